The summed E-state index contributed by atoms with van der Waals surface area (Å²) in [5, 5.41) is 10.0. The predicted octanol–water partition coefficient (Wildman–Crippen LogP) is 0.738. The van der Waals surface area contributed by atoms with Crippen molar-refractivity contribution in [2.24, 2.45) is 0 Å². The highest BCUT2D eigenvalue weighted by molar-refractivity contribution is 5.47. The van der Waals surface area contributed by atoms with Crippen LogP contribution in [0.25, 0.3) is 0 Å². The highest BCUT2D eigenvalue weighted by Crippen LogP contribution is 2.24. The fourth-order valence-electron chi connectivity index (χ4n) is 2.16. The van der Waals surface area contributed by atoms with Gasteiger partial charge in [0.2, 0.25) is 0 Å². The van der Waals surface area contributed by atoms with E-state index in [1.807, 2.05) is 0 Å². The second-order valence-corrected chi connectivity index (χ2v) is 4.11. The van der Waals surface area contributed by atoms with E-state index in [4.69, 9.17) is 0 Å². The zero-order chi connectivity index (χ0) is 11.5. The number of fused-ring (bicyclic) bond motifs is 1. The van der Waals surface area contributed by atoms with Crippen LogP contribution in [0.3, 0.4) is 0 Å². The van der Waals surface area contributed by atoms with E-state index in [0.717, 1.165) is 37.4 Å². The monoisotopic (exact) mass is 230 g/mol. The van der Waals surface area contributed by atoms with E-state index in [1.54, 1.807) is 6.33 Å². The molecule has 0 fully saturated rings. The van der Waals surface area contributed by atoms with Crippen molar-refractivity contribution in [3.8, 4) is 0 Å². The Morgan fingerprint density at radius 1 is 1.18 bits per heavy atom. The van der Waals surface area contributed by atoms with E-state index in [2.05, 4.69) is 30.5 Å². The number of aryl methyl sites for hydroxylation is 1. The van der Waals surface area contributed by atoms with Crippen molar-refractivity contribution in [3.05, 3.63) is 29.7 Å². The fraction of sp³-hybridized carbons (Fsp3) is 0.455. The second kappa shape index (κ2) is 4.48. The molecule has 17 heavy (non-hydrogen) atoms. The molecule has 0 spiro atoms. The van der Waals surface area contributed by atoms with Crippen LogP contribution in [-0.4, -0.2) is 31.7 Å². The summed E-state index contributed by atoms with van der Waals surface area (Å²) in [5.74, 6) is 1.87. The van der Waals surface area contributed by atoms with E-state index in [0.29, 0.717) is 0 Å². The lowest BCUT2D eigenvalue weighted by Gasteiger charge is -2.08. The van der Waals surface area contributed by atoms with Crippen LogP contribution in [0.4, 0.5) is 5.82 Å². The molecule has 0 aliphatic heterocycles. The number of nitrogens with zero attached hydrogens (tertiary/aromatic N) is 4. The normalized spacial score (nSPS) is 13.6. The number of H-pyrrole nitrogens is 1. The topological polar surface area (TPSA) is 79.4 Å². The molecule has 0 radical (unpaired) electrons. The van der Waals surface area contributed by atoms with Gasteiger partial charge in [0, 0.05) is 24.2 Å². The smallest absolute Gasteiger partial charge is 0.137 e. The molecule has 0 atom stereocenters. The first-order chi connectivity index (χ1) is 8.43. The minimum atomic E-state index is 0.804. The largest absolute Gasteiger partial charge is 0.369 e. The van der Waals surface area contributed by atoms with Gasteiger partial charge in [-0.1, -0.05) is 0 Å². The molecule has 6 nitrogen and oxygen atoms in total. The van der Waals surface area contributed by atoms with E-state index in [9.17, 15) is 0 Å². The standard InChI is InChI=1S/C11H14N6/c1-2-8-9(3-1)13-6-15-11(8)12-5-4-10-14-7-16-17-10/h6-7H,1-5H2,(H,12,13,15)(H,14,16,17). The summed E-state index contributed by atoms with van der Waals surface area (Å²) in [7, 11) is 0. The molecule has 1 aliphatic rings. The van der Waals surface area contributed by atoms with E-state index >= 15 is 0 Å². The van der Waals surface area contributed by atoms with Crippen molar-refractivity contribution in [2.45, 2.75) is 25.7 Å². The lowest BCUT2D eigenvalue weighted by Crippen LogP contribution is -2.10. The summed E-state index contributed by atoms with van der Waals surface area (Å²) in [6, 6.07) is 0. The van der Waals surface area contributed by atoms with Crippen molar-refractivity contribution >= 4 is 5.82 Å². The van der Waals surface area contributed by atoms with Gasteiger partial charge in [0.15, 0.2) is 0 Å². The van der Waals surface area contributed by atoms with Gasteiger partial charge in [-0.2, -0.15) is 5.10 Å². The molecule has 0 saturated heterocycles. The highest BCUT2D eigenvalue weighted by Gasteiger charge is 2.16. The van der Waals surface area contributed by atoms with Crippen molar-refractivity contribution in [3.63, 3.8) is 0 Å². The van der Waals surface area contributed by atoms with Crippen molar-refractivity contribution in [1.29, 1.82) is 0 Å². The number of aromatic amines is 1. The summed E-state index contributed by atoms with van der Waals surface area (Å²) in [6.07, 6.45) is 7.33. The third kappa shape index (κ3) is 2.11. The third-order valence-electron chi connectivity index (χ3n) is 2.99. The minimum absolute atomic E-state index is 0.804. The molecule has 0 unspecified atom stereocenters. The van der Waals surface area contributed by atoms with Gasteiger partial charge in [0.25, 0.3) is 0 Å². The lowest BCUT2D eigenvalue weighted by atomic mass is 10.2. The summed E-state index contributed by atoms with van der Waals surface area (Å²) >= 11 is 0. The number of hydrogen-bond donors (Lipinski definition) is 2. The lowest BCUT2D eigenvalue weighted by molar-refractivity contribution is 0.889. The molecule has 0 amide bonds. The Labute approximate surface area is 98.9 Å². The number of nitrogens with one attached hydrogen (secondary N) is 2. The molecule has 2 aromatic heterocycles. The Balaban J connectivity index is 1.64. The van der Waals surface area contributed by atoms with E-state index < -0.39 is 0 Å². The third-order valence-corrected chi connectivity index (χ3v) is 2.99. The van der Waals surface area contributed by atoms with Gasteiger partial charge in [-0.25, -0.2) is 15.0 Å². The zero-order valence-electron chi connectivity index (χ0n) is 9.48. The molecule has 6 heteroatoms. The molecular formula is C11H14N6. The summed E-state index contributed by atoms with van der Waals surface area (Å²) in [4.78, 5) is 12.7. The average Bonchev–Trinajstić information content (AvgIpc) is 2.99. The fourth-order valence-corrected chi connectivity index (χ4v) is 2.16. The summed E-state index contributed by atoms with van der Waals surface area (Å²) < 4.78 is 0. The maximum absolute atomic E-state index is 4.30. The van der Waals surface area contributed by atoms with Crippen molar-refractivity contribution < 1.29 is 0 Å². The van der Waals surface area contributed by atoms with Gasteiger partial charge in [-0.3, -0.25) is 5.10 Å². The van der Waals surface area contributed by atoms with Gasteiger partial charge in [-0.15, -0.1) is 0 Å². The van der Waals surface area contributed by atoms with Gasteiger partial charge >= 0.3 is 0 Å². The first-order valence-corrected chi connectivity index (χ1v) is 5.84. The maximum Gasteiger partial charge on any atom is 0.137 e. The minimum Gasteiger partial charge on any atom is -0.369 e. The van der Waals surface area contributed by atoms with Gasteiger partial charge in [0.1, 0.15) is 24.3 Å². The molecule has 0 aromatic carbocycles. The number of hydrogen-bond acceptors (Lipinski definition) is 5. The number of rotatable bonds is 4. The van der Waals surface area contributed by atoms with E-state index in [1.165, 1.54) is 24.0 Å². The van der Waals surface area contributed by atoms with Crippen LogP contribution in [0.1, 0.15) is 23.5 Å². The van der Waals surface area contributed by atoms with Crippen LogP contribution >= 0.6 is 0 Å². The zero-order valence-corrected chi connectivity index (χ0v) is 9.48. The van der Waals surface area contributed by atoms with Crippen LogP contribution in [0.15, 0.2) is 12.7 Å². The van der Waals surface area contributed by atoms with Crippen molar-refractivity contribution in [1.82, 2.24) is 25.1 Å². The average molecular weight is 230 g/mol. The molecule has 1 aliphatic carbocycles. The first kappa shape index (κ1) is 10.2. The predicted molar refractivity (Wildman–Crippen MR) is 62.6 cm³/mol. The first-order valence-electron chi connectivity index (χ1n) is 5.84. The van der Waals surface area contributed by atoms with Crippen LogP contribution in [0, 0.1) is 0 Å². The Morgan fingerprint density at radius 2 is 2.18 bits per heavy atom. The maximum atomic E-state index is 4.30. The van der Waals surface area contributed by atoms with Crippen LogP contribution < -0.4 is 5.32 Å². The SMILES string of the molecule is c1n[nH]c(CCNc2ncnc3c2CCC3)n1. The number of aromatic nitrogens is 5. The molecule has 2 heterocycles. The molecule has 3 rings (SSSR count). The molecule has 2 N–H and O–H groups in total. The van der Waals surface area contributed by atoms with Gasteiger partial charge in [0.05, 0.1) is 0 Å². The molecule has 0 bridgehead atoms. The summed E-state index contributed by atoms with van der Waals surface area (Å²) in [5.41, 5.74) is 2.48. The van der Waals surface area contributed by atoms with Gasteiger partial charge < -0.3 is 5.32 Å². The molecular weight excluding hydrogens is 216 g/mol. The summed E-state index contributed by atoms with van der Waals surface area (Å²) in [6.45, 7) is 0.804. The Hall–Kier alpha value is -1.98. The van der Waals surface area contributed by atoms with E-state index in [-0.39, 0.29) is 0 Å². The van der Waals surface area contributed by atoms with Crippen LogP contribution in [-0.2, 0) is 19.3 Å². The van der Waals surface area contributed by atoms with Crippen LogP contribution in [0.5, 0.6) is 0 Å². The molecule has 88 valence electrons. The number of anilines is 1. The quantitative estimate of drug-likeness (QED) is 0.809. The highest BCUT2D eigenvalue weighted by atomic mass is 15.2. The molecule has 2 aromatic rings. The second-order valence-electron chi connectivity index (χ2n) is 4.11. The Morgan fingerprint density at radius 3 is 3.06 bits per heavy atom. The Bertz CT molecular complexity index is 493. The Kier molecular flexibility index (Phi) is 2.69. The molecule has 0 saturated carbocycles. The van der Waals surface area contributed by atoms with Crippen molar-refractivity contribution in [2.75, 3.05) is 11.9 Å². The van der Waals surface area contributed by atoms with Crippen LogP contribution in [0.2, 0.25) is 0 Å². The van der Waals surface area contributed by atoms with Gasteiger partial charge in [-0.05, 0) is 19.3 Å².